The van der Waals surface area contributed by atoms with Crippen molar-refractivity contribution in [3.05, 3.63) is 0 Å². The summed E-state index contributed by atoms with van der Waals surface area (Å²) in [6, 6.07) is 0. The number of hydrogen-bond donors (Lipinski definition) is 6. The Morgan fingerprint density at radius 1 is 0.789 bits per heavy atom. The van der Waals surface area contributed by atoms with Gasteiger partial charge in [0.15, 0.2) is 0 Å². The van der Waals surface area contributed by atoms with E-state index < -0.39 is 49.6 Å². The third-order valence-electron chi connectivity index (χ3n) is 1.59. The number of hydrogen-bond acceptors (Lipinski definition) is 10. The normalized spacial score (nSPS) is 15.9. The Morgan fingerprint density at radius 2 is 1.00 bits per heavy atom. The second-order valence-electron chi connectivity index (χ2n) is 3.03. The average molecular weight is 326 g/mol. The van der Waals surface area contributed by atoms with E-state index in [0.717, 1.165) is 0 Å². The minimum atomic E-state index is -2.00. The first kappa shape index (κ1) is 23.3. The first-order chi connectivity index (χ1) is 8.18. The molecule has 0 aromatic heterocycles. The van der Waals surface area contributed by atoms with Gasteiger partial charge in [-0.1, -0.05) is 0 Å². The summed E-state index contributed by atoms with van der Waals surface area (Å²) in [4.78, 5) is 19.3. The van der Waals surface area contributed by atoms with Gasteiger partial charge in [-0.05, 0) is 0 Å². The molecule has 0 unspecified atom stereocenters. The Labute approximate surface area is 118 Å². The smallest absolute Gasteiger partial charge is 0.547 e. The van der Waals surface area contributed by atoms with Crippen molar-refractivity contribution in [3.63, 3.8) is 0 Å². The number of carboxylic acid groups (broad SMARTS) is 2. The molecular formula is C8H14FeO10. The zero-order valence-corrected chi connectivity index (χ0v) is 10.5. The Bertz CT molecular complexity index is 234. The van der Waals surface area contributed by atoms with Crippen LogP contribution in [0.3, 0.4) is 0 Å². The van der Waals surface area contributed by atoms with Crippen molar-refractivity contribution in [1.82, 2.24) is 0 Å². The number of rotatable bonds is 6. The van der Waals surface area contributed by atoms with Crippen molar-refractivity contribution in [2.75, 3.05) is 13.2 Å². The number of carboxylic acids is 2. The van der Waals surface area contributed by atoms with Crippen LogP contribution >= 0.6 is 0 Å². The minimum Gasteiger partial charge on any atom is -0.547 e. The Balaban J connectivity index is -0.000000256. The summed E-state index contributed by atoms with van der Waals surface area (Å²) in [7, 11) is 0. The van der Waals surface area contributed by atoms with E-state index in [1.807, 2.05) is 0 Å². The van der Waals surface area contributed by atoms with Gasteiger partial charge < -0.3 is 50.4 Å². The van der Waals surface area contributed by atoms with E-state index in [-0.39, 0.29) is 17.1 Å². The fourth-order valence-corrected chi connectivity index (χ4v) is 0.514. The predicted molar refractivity (Wildman–Crippen MR) is 48.2 cm³/mol. The molecule has 0 aromatic carbocycles. The van der Waals surface area contributed by atoms with Gasteiger partial charge in [0, 0.05) is 0 Å². The van der Waals surface area contributed by atoms with Gasteiger partial charge in [0.2, 0.25) is 0 Å². The molecule has 0 amide bonds. The van der Waals surface area contributed by atoms with Crippen molar-refractivity contribution in [1.29, 1.82) is 0 Å². The molecule has 11 heteroatoms. The third-order valence-corrected chi connectivity index (χ3v) is 1.59. The summed E-state index contributed by atoms with van der Waals surface area (Å²) in [6.45, 7) is -1.59. The van der Waals surface area contributed by atoms with Crippen molar-refractivity contribution >= 4 is 11.9 Å². The first-order valence-electron chi connectivity index (χ1n) is 4.54. The van der Waals surface area contributed by atoms with Crippen LogP contribution in [0.4, 0.5) is 0 Å². The summed E-state index contributed by atoms with van der Waals surface area (Å²) in [5.74, 6) is -3.59. The number of aliphatic hydroxyl groups excluding tert-OH is 6. The molecule has 0 saturated carbocycles. The summed E-state index contributed by atoms with van der Waals surface area (Å²) >= 11 is 0. The number of carbonyl (C=O) groups excluding carboxylic acids is 2. The average Bonchev–Trinajstić information content (AvgIpc) is 2.35. The van der Waals surface area contributed by atoms with Gasteiger partial charge in [-0.15, -0.1) is 0 Å². The van der Waals surface area contributed by atoms with Crippen LogP contribution in [-0.2, 0) is 26.7 Å². The Hall–Kier alpha value is -0.781. The predicted octanol–water partition coefficient (Wildman–Crippen LogP) is -7.10. The second-order valence-corrected chi connectivity index (χ2v) is 3.03. The molecular weight excluding hydrogens is 312 g/mol. The fraction of sp³-hybridized carbons (Fsp3) is 0.750. The van der Waals surface area contributed by atoms with Crippen LogP contribution in [0.25, 0.3) is 0 Å². The second kappa shape index (κ2) is 12.3. The maximum Gasteiger partial charge on any atom is 2.00 e. The van der Waals surface area contributed by atoms with Crippen LogP contribution < -0.4 is 10.2 Å². The number of carbonyl (C=O) groups is 2. The summed E-state index contributed by atoms with van der Waals surface area (Å²) < 4.78 is 0. The largest absolute Gasteiger partial charge is 2.00 e. The summed E-state index contributed by atoms with van der Waals surface area (Å²) in [6.07, 6.45) is -7.32. The van der Waals surface area contributed by atoms with E-state index in [4.69, 9.17) is 30.6 Å². The quantitative estimate of drug-likeness (QED) is 0.254. The molecule has 0 rings (SSSR count). The van der Waals surface area contributed by atoms with E-state index >= 15 is 0 Å². The van der Waals surface area contributed by atoms with Gasteiger partial charge in [0.25, 0.3) is 0 Å². The summed E-state index contributed by atoms with van der Waals surface area (Å²) in [5.41, 5.74) is 0. The van der Waals surface area contributed by atoms with E-state index in [1.165, 1.54) is 0 Å². The third kappa shape index (κ3) is 10.8. The first-order valence-corrected chi connectivity index (χ1v) is 4.54. The van der Waals surface area contributed by atoms with Crippen LogP contribution in [0.15, 0.2) is 0 Å². The molecule has 0 aliphatic rings. The monoisotopic (exact) mass is 326 g/mol. The molecule has 0 aliphatic heterocycles. The molecule has 114 valence electrons. The van der Waals surface area contributed by atoms with E-state index in [0.29, 0.717) is 0 Å². The van der Waals surface area contributed by atoms with E-state index in [9.17, 15) is 19.8 Å². The molecule has 0 saturated heterocycles. The zero-order chi connectivity index (χ0) is 14.9. The van der Waals surface area contributed by atoms with Crippen molar-refractivity contribution in [2.45, 2.75) is 24.4 Å². The molecule has 6 N–H and O–H groups in total. The molecule has 0 aromatic rings. The molecule has 0 bridgehead atoms. The molecule has 10 nitrogen and oxygen atoms in total. The van der Waals surface area contributed by atoms with Crippen LogP contribution in [0.5, 0.6) is 0 Å². The molecule has 0 aliphatic carbocycles. The van der Waals surface area contributed by atoms with Crippen molar-refractivity contribution < 1.29 is 67.5 Å². The fourth-order valence-electron chi connectivity index (χ4n) is 0.514. The molecule has 0 spiro atoms. The standard InChI is InChI=1S/2C4H8O5.Fe/c2*5-1-2(6)3(7)4(8)9;/h2*2-3,5-7H,1H2,(H,8,9);/q;;+2/p-2/t2*2-,3-;/m11./s1. The molecule has 0 fully saturated rings. The molecule has 4 atom stereocenters. The van der Waals surface area contributed by atoms with Gasteiger partial charge in [-0.25, -0.2) is 0 Å². The van der Waals surface area contributed by atoms with Crippen LogP contribution in [-0.4, -0.2) is 80.2 Å². The van der Waals surface area contributed by atoms with Gasteiger partial charge in [-0.3, -0.25) is 0 Å². The van der Waals surface area contributed by atoms with Crippen LogP contribution in [0.2, 0.25) is 0 Å². The van der Waals surface area contributed by atoms with Crippen molar-refractivity contribution in [3.8, 4) is 0 Å². The van der Waals surface area contributed by atoms with Crippen LogP contribution in [0.1, 0.15) is 0 Å². The Morgan fingerprint density at radius 3 is 1.05 bits per heavy atom. The maximum atomic E-state index is 9.67. The summed E-state index contributed by atoms with van der Waals surface area (Å²) in [5, 5.41) is 68.8. The Kier molecular flexibility index (Phi) is 15.1. The zero-order valence-electron chi connectivity index (χ0n) is 9.39. The van der Waals surface area contributed by atoms with E-state index in [2.05, 4.69) is 0 Å². The van der Waals surface area contributed by atoms with Gasteiger partial charge >= 0.3 is 17.1 Å². The van der Waals surface area contributed by atoms with Crippen molar-refractivity contribution in [2.24, 2.45) is 0 Å². The van der Waals surface area contributed by atoms with Crippen LogP contribution in [0, 0.1) is 0 Å². The number of aliphatic carboxylic acids is 2. The molecule has 0 heterocycles. The number of aliphatic hydroxyl groups is 6. The topological polar surface area (TPSA) is 202 Å². The minimum absolute atomic E-state index is 0. The molecule has 0 radical (unpaired) electrons. The van der Waals surface area contributed by atoms with Gasteiger partial charge in [0.05, 0.1) is 25.2 Å². The maximum absolute atomic E-state index is 9.67. The van der Waals surface area contributed by atoms with Gasteiger partial charge in [0.1, 0.15) is 24.4 Å². The van der Waals surface area contributed by atoms with E-state index in [1.54, 1.807) is 0 Å². The van der Waals surface area contributed by atoms with Gasteiger partial charge in [-0.2, -0.15) is 0 Å². The SMILES string of the molecule is O=C([O-])[C@H](O)[C@H](O)CO.O=C([O-])[C@H](O)[C@H](O)CO.[Fe+2]. The molecule has 19 heavy (non-hydrogen) atoms.